The molecule has 124 valence electrons. The fourth-order valence-electron chi connectivity index (χ4n) is 3.17. The fraction of sp³-hybridized carbons (Fsp3) is 0.143. The summed E-state index contributed by atoms with van der Waals surface area (Å²) in [7, 11) is 0. The molecule has 3 aromatic rings. The Balaban J connectivity index is 1.50. The molecule has 0 aliphatic carbocycles. The molecule has 0 spiro atoms. The summed E-state index contributed by atoms with van der Waals surface area (Å²) in [6.45, 7) is 2.05. The van der Waals surface area contributed by atoms with Crippen LogP contribution in [0.1, 0.15) is 28.4 Å². The van der Waals surface area contributed by atoms with E-state index in [4.69, 9.17) is 4.74 Å². The molecule has 0 saturated carbocycles. The Hall–Kier alpha value is -3.14. The zero-order chi connectivity index (χ0) is 17.2. The Kier molecular flexibility index (Phi) is 3.94. The van der Waals surface area contributed by atoms with E-state index < -0.39 is 0 Å². The van der Waals surface area contributed by atoms with Crippen molar-refractivity contribution in [3.05, 3.63) is 77.4 Å². The van der Waals surface area contributed by atoms with E-state index in [9.17, 15) is 4.79 Å². The molecule has 0 radical (unpaired) electrons. The predicted octanol–water partition coefficient (Wildman–Crippen LogP) is 3.93. The van der Waals surface area contributed by atoms with E-state index in [0.29, 0.717) is 5.56 Å². The van der Waals surface area contributed by atoms with E-state index in [1.54, 1.807) is 12.3 Å². The monoisotopic (exact) mass is 330 g/mol. The minimum absolute atomic E-state index is 0.216. The van der Waals surface area contributed by atoms with Gasteiger partial charge in [0.2, 0.25) is 0 Å². The second-order valence-corrected chi connectivity index (χ2v) is 6.23. The molecule has 1 amide bonds. The van der Waals surface area contributed by atoms with Gasteiger partial charge in [-0.25, -0.2) is 5.43 Å². The van der Waals surface area contributed by atoms with Gasteiger partial charge in [0.25, 0.3) is 5.91 Å². The first-order valence-electron chi connectivity index (χ1n) is 8.31. The molecule has 1 aliphatic rings. The highest BCUT2D eigenvalue weighted by molar-refractivity contribution is 6.07. The normalized spacial score (nSPS) is 16.0. The topological polar surface area (TPSA) is 50.7 Å². The number of rotatable bonds is 3. The van der Waals surface area contributed by atoms with Crippen LogP contribution in [0.5, 0.6) is 5.75 Å². The van der Waals surface area contributed by atoms with E-state index in [1.165, 1.54) is 5.56 Å². The quantitative estimate of drug-likeness (QED) is 0.584. The standard InChI is InChI=1S/C21H18N2O2/c1-14-11-17-12-15(9-10-20(17)25-14)13-22-23-21(24)19-8-4-6-16-5-2-3-7-18(16)19/h2-10,12-14H,11H2,1H3,(H,23,24)/b22-13+/t14-/m0/s1. The number of nitrogens with zero attached hydrogens (tertiary/aromatic N) is 1. The van der Waals surface area contributed by atoms with Gasteiger partial charge in [-0.1, -0.05) is 36.4 Å². The average molecular weight is 330 g/mol. The first-order valence-corrected chi connectivity index (χ1v) is 8.31. The number of hydrazone groups is 1. The van der Waals surface area contributed by atoms with Crippen LogP contribution in [0.3, 0.4) is 0 Å². The number of carbonyl (C=O) groups excluding carboxylic acids is 1. The highest BCUT2D eigenvalue weighted by Crippen LogP contribution is 2.28. The molecule has 0 saturated heterocycles. The van der Waals surface area contributed by atoms with Crippen molar-refractivity contribution >= 4 is 22.9 Å². The van der Waals surface area contributed by atoms with Gasteiger partial charge in [0.05, 0.1) is 6.21 Å². The number of hydrogen-bond acceptors (Lipinski definition) is 3. The molecule has 3 aromatic carbocycles. The Morgan fingerprint density at radius 3 is 2.92 bits per heavy atom. The molecule has 0 aromatic heterocycles. The largest absolute Gasteiger partial charge is 0.490 e. The minimum Gasteiger partial charge on any atom is -0.490 e. The molecule has 25 heavy (non-hydrogen) atoms. The van der Waals surface area contributed by atoms with Gasteiger partial charge in [-0.05, 0) is 53.1 Å². The average Bonchev–Trinajstić information content (AvgIpc) is 3.00. The highest BCUT2D eigenvalue weighted by atomic mass is 16.5. The van der Waals surface area contributed by atoms with Crippen LogP contribution in [0.15, 0.2) is 65.8 Å². The summed E-state index contributed by atoms with van der Waals surface area (Å²) in [5.41, 5.74) is 5.35. The molecule has 1 heterocycles. The van der Waals surface area contributed by atoms with E-state index in [-0.39, 0.29) is 12.0 Å². The SMILES string of the molecule is C[C@H]1Cc2cc(/C=N/NC(=O)c3cccc4ccccc34)ccc2O1. The zero-order valence-electron chi connectivity index (χ0n) is 13.9. The number of carbonyl (C=O) groups is 1. The third kappa shape index (κ3) is 3.11. The molecule has 4 nitrogen and oxygen atoms in total. The van der Waals surface area contributed by atoms with E-state index in [2.05, 4.69) is 17.5 Å². The molecular weight excluding hydrogens is 312 g/mol. The maximum Gasteiger partial charge on any atom is 0.271 e. The van der Waals surface area contributed by atoms with Crippen molar-refractivity contribution in [3.63, 3.8) is 0 Å². The van der Waals surface area contributed by atoms with Gasteiger partial charge >= 0.3 is 0 Å². The summed E-state index contributed by atoms with van der Waals surface area (Å²) < 4.78 is 5.69. The van der Waals surface area contributed by atoms with Crippen LogP contribution < -0.4 is 10.2 Å². The summed E-state index contributed by atoms with van der Waals surface area (Å²) >= 11 is 0. The van der Waals surface area contributed by atoms with Crippen LogP contribution in [0.4, 0.5) is 0 Å². The summed E-state index contributed by atoms with van der Waals surface area (Å²) in [5, 5.41) is 6.06. The van der Waals surface area contributed by atoms with Crippen molar-refractivity contribution in [1.82, 2.24) is 5.43 Å². The van der Waals surface area contributed by atoms with Crippen LogP contribution in [0, 0.1) is 0 Å². The molecule has 1 aliphatic heterocycles. The Bertz CT molecular complexity index is 973. The van der Waals surface area contributed by atoms with Gasteiger partial charge in [0, 0.05) is 12.0 Å². The second-order valence-electron chi connectivity index (χ2n) is 6.23. The molecule has 0 bridgehead atoms. The lowest BCUT2D eigenvalue weighted by atomic mass is 10.0. The molecule has 4 rings (SSSR count). The summed E-state index contributed by atoms with van der Waals surface area (Å²) in [4.78, 5) is 12.4. The highest BCUT2D eigenvalue weighted by Gasteiger charge is 2.18. The van der Waals surface area contributed by atoms with Crippen LogP contribution in [0.25, 0.3) is 10.8 Å². The number of nitrogens with one attached hydrogen (secondary N) is 1. The van der Waals surface area contributed by atoms with E-state index in [1.807, 2.05) is 54.6 Å². The van der Waals surface area contributed by atoms with Gasteiger partial charge in [-0.3, -0.25) is 4.79 Å². The van der Waals surface area contributed by atoms with Crippen molar-refractivity contribution in [3.8, 4) is 5.75 Å². The summed E-state index contributed by atoms with van der Waals surface area (Å²) in [5.74, 6) is 0.718. The lowest BCUT2D eigenvalue weighted by Crippen LogP contribution is -2.17. The lowest BCUT2D eigenvalue weighted by molar-refractivity contribution is 0.0957. The predicted molar refractivity (Wildman–Crippen MR) is 99.2 cm³/mol. The van der Waals surface area contributed by atoms with Gasteiger partial charge in [0.1, 0.15) is 11.9 Å². The van der Waals surface area contributed by atoms with Crippen LogP contribution in [-0.4, -0.2) is 18.2 Å². The van der Waals surface area contributed by atoms with Crippen LogP contribution >= 0.6 is 0 Å². The summed E-state index contributed by atoms with van der Waals surface area (Å²) in [6, 6.07) is 19.4. The number of benzene rings is 3. The minimum atomic E-state index is -0.217. The fourth-order valence-corrected chi connectivity index (χ4v) is 3.17. The smallest absolute Gasteiger partial charge is 0.271 e. The Morgan fingerprint density at radius 2 is 2.00 bits per heavy atom. The third-order valence-corrected chi connectivity index (χ3v) is 4.33. The Morgan fingerprint density at radius 1 is 1.16 bits per heavy atom. The number of amides is 1. The van der Waals surface area contributed by atoms with Gasteiger partial charge in [-0.2, -0.15) is 5.10 Å². The Labute approximate surface area is 146 Å². The van der Waals surface area contributed by atoms with Crippen molar-refractivity contribution in [1.29, 1.82) is 0 Å². The lowest BCUT2D eigenvalue weighted by Gasteiger charge is -2.05. The summed E-state index contributed by atoms with van der Waals surface area (Å²) in [6.07, 6.45) is 2.78. The second kappa shape index (κ2) is 6.40. The number of hydrogen-bond donors (Lipinski definition) is 1. The molecular formula is C21H18N2O2. The first kappa shape index (κ1) is 15.4. The third-order valence-electron chi connectivity index (χ3n) is 4.33. The number of fused-ring (bicyclic) bond motifs is 2. The molecule has 1 atom stereocenters. The van der Waals surface area contributed by atoms with Crippen molar-refractivity contribution in [2.45, 2.75) is 19.4 Å². The van der Waals surface area contributed by atoms with Gasteiger partial charge in [0.15, 0.2) is 0 Å². The van der Waals surface area contributed by atoms with E-state index in [0.717, 1.165) is 28.5 Å². The van der Waals surface area contributed by atoms with Gasteiger partial charge in [-0.15, -0.1) is 0 Å². The van der Waals surface area contributed by atoms with Gasteiger partial charge < -0.3 is 4.74 Å². The molecule has 0 unspecified atom stereocenters. The maximum absolute atomic E-state index is 12.4. The first-order chi connectivity index (χ1) is 12.2. The maximum atomic E-state index is 12.4. The van der Waals surface area contributed by atoms with E-state index >= 15 is 0 Å². The van der Waals surface area contributed by atoms with Crippen molar-refractivity contribution in [2.24, 2.45) is 5.10 Å². The van der Waals surface area contributed by atoms with Crippen LogP contribution in [-0.2, 0) is 6.42 Å². The van der Waals surface area contributed by atoms with Crippen molar-refractivity contribution < 1.29 is 9.53 Å². The van der Waals surface area contributed by atoms with Crippen molar-refractivity contribution in [2.75, 3.05) is 0 Å². The zero-order valence-corrected chi connectivity index (χ0v) is 13.9. The molecule has 0 fully saturated rings. The number of ether oxygens (including phenoxy) is 1. The van der Waals surface area contributed by atoms with Crippen LogP contribution in [0.2, 0.25) is 0 Å². The molecule has 1 N–H and O–H groups in total. The molecule has 4 heteroatoms.